The van der Waals surface area contributed by atoms with Gasteiger partial charge in [0, 0.05) is 48.8 Å². The zero-order valence-electron chi connectivity index (χ0n) is 22.1. The number of carbonyl (C=O) groups excluding carboxylic acids is 1. The van der Waals surface area contributed by atoms with Gasteiger partial charge >= 0.3 is 0 Å². The van der Waals surface area contributed by atoms with E-state index in [1.54, 1.807) is 40.4 Å². The van der Waals surface area contributed by atoms with Gasteiger partial charge in [-0.3, -0.25) is 4.79 Å². The van der Waals surface area contributed by atoms with Crippen LogP contribution in [0, 0.1) is 0 Å². The van der Waals surface area contributed by atoms with Gasteiger partial charge in [-0.2, -0.15) is 5.10 Å². The maximum Gasteiger partial charge on any atom is 0.256 e. The Kier molecular flexibility index (Phi) is 8.62. The van der Waals surface area contributed by atoms with Crippen LogP contribution in [0.2, 0.25) is 5.02 Å². The highest BCUT2D eigenvalue weighted by Gasteiger charge is 2.51. The largest absolute Gasteiger partial charge is 0.342 e. The number of anilines is 1. The molecule has 1 aliphatic rings. The van der Waals surface area contributed by atoms with Gasteiger partial charge < -0.3 is 9.80 Å². The lowest BCUT2D eigenvalue weighted by Crippen LogP contribution is -2.54. The normalized spacial score (nSPS) is 17.4. The second-order valence-corrected chi connectivity index (χ2v) is 12.8. The zero-order chi connectivity index (χ0) is 27.5. The van der Waals surface area contributed by atoms with E-state index < -0.39 is 15.4 Å². The number of halogens is 1. The van der Waals surface area contributed by atoms with Crippen LogP contribution in [0.1, 0.15) is 25.1 Å². The number of hydrogen-bond donors (Lipinski definition) is 0. The molecular weight excluding hydrogens is 540 g/mol. The van der Waals surface area contributed by atoms with Crippen LogP contribution >= 0.6 is 22.9 Å². The third-order valence-electron chi connectivity index (χ3n) is 6.93. The number of carbonyl (C=O) groups is 1. The molecule has 0 fully saturated rings. The lowest BCUT2D eigenvalue weighted by molar-refractivity contribution is -0.135. The minimum Gasteiger partial charge on any atom is -0.342 e. The summed E-state index contributed by atoms with van der Waals surface area (Å²) in [4.78, 5) is 20.4. The van der Waals surface area contributed by atoms with Crippen LogP contribution in [0.4, 0.5) is 5.69 Å². The van der Waals surface area contributed by atoms with Crippen LogP contribution in [-0.2, 0) is 20.2 Å². The van der Waals surface area contributed by atoms with E-state index in [4.69, 9.17) is 11.6 Å². The molecule has 1 amide bonds. The van der Waals surface area contributed by atoms with Crippen molar-refractivity contribution >= 4 is 50.6 Å². The molecule has 0 N–H and O–H groups in total. The fourth-order valence-electron chi connectivity index (χ4n) is 4.66. The number of rotatable bonds is 10. The average Bonchev–Trinajstić information content (AvgIpc) is 3.57. The summed E-state index contributed by atoms with van der Waals surface area (Å²) in [6.45, 7) is 7.41. The maximum absolute atomic E-state index is 14.4. The van der Waals surface area contributed by atoms with Crippen LogP contribution in [0.5, 0.6) is 0 Å². The standard InChI is InChI=1S/C28H33ClN4O3S2/c1-5-32(6-2)19-18-31(3)27(34)28(16-17-30-33(28)24-13-8-7-12-23(24)29)26-15-14-25(37-26)21-10-9-11-22(20-21)38(4,35)36/h7-15,17,20H,5-6,16,18-19H2,1-4H3. The molecule has 0 aliphatic carbocycles. The Labute approximate surface area is 234 Å². The molecule has 7 nitrogen and oxygen atoms in total. The van der Waals surface area contributed by atoms with Crippen molar-refractivity contribution in [3.63, 3.8) is 0 Å². The molecule has 202 valence electrons. The summed E-state index contributed by atoms with van der Waals surface area (Å²) in [6.07, 6.45) is 3.35. The zero-order valence-corrected chi connectivity index (χ0v) is 24.5. The predicted molar refractivity (Wildman–Crippen MR) is 157 cm³/mol. The number of sulfone groups is 1. The van der Waals surface area contributed by atoms with Gasteiger partial charge in [-0.1, -0.05) is 49.7 Å². The fraction of sp³-hybridized carbons (Fsp3) is 0.357. The van der Waals surface area contributed by atoms with Crippen molar-refractivity contribution in [2.75, 3.05) is 44.5 Å². The summed E-state index contributed by atoms with van der Waals surface area (Å²) >= 11 is 8.07. The summed E-state index contributed by atoms with van der Waals surface area (Å²) < 4.78 is 24.3. The molecule has 4 rings (SSSR count). The van der Waals surface area contributed by atoms with E-state index in [0.717, 1.165) is 35.0 Å². The van der Waals surface area contributed by atoms with E-state index in [-0.39, 0.29) is 10.8 Å². The monoisotopic (exact) mass is 572 g/mol. The quantitative estimate of drug-likeness (QED) is 0.327. The van der Waals surface area contributed by atoms with Crippen LogP contribution in [0.15, 0.2) is 70.7 Å². The van der Waals surface area contributed by atoms with E-state index >= 15 is 0 Å². The van der Waals surface area contributed by atoms with E-state index in [1.807, 2.05) is 43.4 Å². The predicted octanol–water partition coefficient (Wildman–Crippen LogP) is 5.36. The summed E-state index contributed by atoms with van der Waals surface area (Å²) in [6, 6.07) is 18.2. The molecule has 1 aliphatic heterocycles. The SMILES string of the molecule is CCN(CC)CCN(C)C(=O)C1(c2ccc(-c3cccc(S(C)(=O)=O)c3)s2)CC=NN1c1ccccc1Cl. The van der Waals surface area contributed by atoms with Gasteiger partial charge in [0.2, 0.25) is 0 Å². The number of amides is 1. The molecule has 10 heteroatoms. The number of thiophene rings is 1. The molecule has 0 radical (unpaired) electrons. The average molecular weight is 573 g/mol. The molecule has 2 aromatic carbocycles. The van der Waals surface area contributed by atoms with Crippen molar-refractivity contribution in [1.29, 1.82) is 0 Å². The lowest BCUT2D eigenvalue weighted by Gasteiger charge is -2.39. The lowest BCUT2D eigenvalue weighted by atomic mass is 9.91. The molecule has 0 bridgehead atoms. The summed E-state index contributed by atoms with van der Waals surface area (Å²) in [5.74, 6) is -0.0691. The maximum atomic E-state index is 14.4. The number of hydrazone groups is 1. The molecule has 0 saturated heterocycles. The van der Waals surface area contributed by atoms with Crippen molar-refractivity contribution in [3.8, 4) is 10.4 Å². The molecule has 2 heterocycles. The van der Waals surface area contributed by atoms with Crippen molar-refractivity contribution in [1.82, 2.24) is 9.80 Å². The molecule has 1 atom stereocenters. The first-order valence-corrected chi connectivity index (χ1v) is 15.7. The van der Waals surface area contributed by atoms with Gasteiger partial charge in [0.1, 0.15) is 0 Å². The van der Waals surface area contributed by atoms with Crippen molar-refractivity contribution in [3.05, 3.63) is 70.6 Å². The highest BCUT2D eigenvalue weighted by Crippen LogP contribution is 2.46. The van der Waals surface area contributed by atoms with Crippen LogP contribution in [0.3, 0.4) is 0 Å². The van der Waals surface area contributed by atoms with E-state index in [0.29, 0.717) is 23.7 Å². The number of para-hydroxylation sites is 1. The van der Waals surface area contributed by atoms with E-state index in [1.165, 1.54) is 17.6 Å². The molecule has 3 aromatic rings. The number of nitrogens with zero attached hydrogens (tertiary/aromatic N) is 4. The molecule has 1 aromatic heterocycles. The third kappa shape index (κ3) is 5.52. The number of likely N-dealkylation sites (N-methyl/N-ethyl adjacent to an activating group) is 2. The van der Waals surface area contributed by atoms with Crippen molar-refractivity contribution in [2.45, 2.75) is 30.7 Å². The van der Waals surface area contributed by atoms with Gasteiger partial charge in [-0.25, -0.2) is 13.4 Å². The van der Waals surface area contributed by atoms with Crippen LogP contribution < -0.4 is 5.01 Å². The highest BCUT2D eigenvalue weighted by molar-refractivity contribution is 7.90. The Morgan fingerprint density at radius 1 is 1.08 bits per heavy atom. The first-order chi connectivity index (χ1) is 18.1. The molecule has 0 saturated carbocycles. The molecular formula is C28H33ClN4O3S2. The fourth-order valence-corrected chi connectivity index (χ4v) is 6.73. The van der Waals surface area contributed by atoms with Crippen molar-refractivity contribution in [2.24, 2.45) is 5.10 Å². The second-order valence-electron chi connectivity index (χ2n) is 9.34. The van der Waals surface area contributed by atoms with E-state index in [2.05, 4.69) is 23.8 Å². The van der Waals surface area contributed by atoms with Gasteiger partial charge in [-0.15, -0.1) is 11.3 Å². The van der Waals surface area contributed by atoms with Gasteiger partial charge in [0.15, 0.2) is 15.4 Å². The number of hydrogen-bond acceptors (Lipinski definition) is 7. The molecule has 0 spiro atoms. The minimum absolute atomic E-state index is 0.0691. The summed E-state index contributed by atoms with van der Waals surface area (Å²) in [7, 11) is -1.52. The van der Waals surface area contributed by atoms with Crippen molar-refractivity contribution < 1.29 is 13.2 Å². The molecule has 38 heavy (non-hydrogen) atoms. The highest BCUT2D eigenvalue weighted by atomic mass is 35.5. The van der Waals surface area contributed by atoms with Crippen LogP contribution in [0.25, 0.3) is 10.4 Å². The smallest absolute Gasteiger partial charge is 0.256 e. The summed E-state index contributed by atoms with van der Waals surface area (Å²) in [5.41, 5.74) is 0.327. The van der Waals surface area contributed by atoms with Gasteiger partial charge in [0.25, 0.3) is 5.91 Å². The Balaban J connectivity index is 1.78. The first-order valence-electron chi connectivity index (χ1n) is 12.6. The van der Waals surface area contributed by atoms with Gasteiger partial charge in [0.05, 0.1) is 15.6 Å². The Hall–Kier alpha value is -2.72. The van der Waals surface area contributed by atoms with E-state index in [9.17, 15) is 13.2 Å². The van der Waals surface area contributed by atoms with Gasteiger partial charge in [-0.05, 0) is 55.1 Å². The Morgan fingerprint density at radius 3 is 2.50 bits per heavy atom. The second kappa shape index (κ2) is 11.6. The third-order valence-corrected chi connectivity index (χ3v) is 9.65. The minimum atomic E-state index is -3.35. The first kappa shape index (κ1) is 28.3. The number of benzene rings is 2. The summed E-state index contributed by atoms with van der Waals surface area (Å²) in [5, 5.41) is 6.90. The Morgan fingerprint density at radius 2 is 1.82 bits per heavy atom. The molecule has 1 unspecified atom stereocenters. The Bertz CT molecular complexity index is 1440. The topological polar surface area (TPSA) is 73.3 Å². The van der Waals surface area contributed by atoms with Crippen LogP contribution in [-0.4, -0.2) is 69.8 Å².